The predicted octanol–water partition coefficient (Wildman–Crippen LogP) is 3.90. The number of anilines is 1. The summed E-state index contributed by atoms with van der Waals surface area (Å²) >= 11 is 5.73. The molecule has 25 heavy (non-hydrogen) atoms. The molecule has 2 aromatic heterocycles. The summed E-state index contributed by atoms with van der Waals surface area (Å²) in [6.07, 6.45) is -4.68. The van der Waals surface area contributed by atoms with Gasteiger partial charge in [0.05, 0.1) is 27.8 Å². The van der Waals surface area contributed by atoms with Gasteiger partial charge in [-0.2, -0.15) is 23.4 Å². The molecule has 10 heteroatoms. The van der Waals surface area contributed by atoms with Crippen LogP contribution in [0.1, 0.15) is 42.7 Å². The molecule has 2 aromatic rings. The van der Waals surface area contributed by atoms with E-state index in [9.17, 15) is 18.0 Å². The summed E-state index contributed by atoms with van der Waals surface area (Å²) in [7, 11) is 0. The van der Waals surface area contributed by atoms with Crippen LogP contribution in [0.3, 0.4) is 0 Å². The lowest BCUT2D eigenvalue weighted by atomic mass is 10.2. The highest BCUT2D eigenvalue weighted by molar-refractivity contribution is 6.32. The minimum atomic E-state index is -4.68. The number of alkyl halides is 3. The van der Waals surface area contributed by atoms with Crippen LogP contribution in [-0.4, -0.2) is 25.5 Å². The maximum Gasteiger partial charge on any atom is 0.436 e. The Kier molecular flexibility index (Phi) is 5.17. The van der Waals surface area contributed by atoms with Gasteiger partial charge in [-0.1, -0.05) is 11.6 Å². The Morgan fingerprint density at radius 1 is 1.24 bits per heavy atom. The lowest BCUT2D eigenvalue weighted by Gasteiger charge is -2.15. The minimum Gasteiger partial charge on any atom is -0.321 e. The molecule has 0 spiro atoms. The largest absolute Gasteiger partial charge is 0.436 e. The molecule has 6 nitrogen and oxygen atoms in total. The van der Waals surface area contributed by atoms with Crippen LogP contribution in [0.5, 0.6) is 0 Å². The number of amides is 1. The molecule has 0 aliphatic carbocycles. The number of hydrogen-bond acceptors (Lipinski definition) is 3. The molecule has 0 aliphatic heterocycles. The van der Waals surface area contributed by atoms with Crippen LogP contribution in [0.25, 0.3) is 0 Å². The molecule has 1 unspecified atom stereocenters. The first-order chi connectivity index (χ1) is 11.5. The quantitative estimate of drug-likeness (QED) is 0.878. The standard InChI is InChI=1S/C15H19ClF3N5O/c1-6-23-9(4)12(7(2)21-23)20-14(25)10(5)24-8(3)11(16)13(22-24)15(17,18)19/h10H,6H2,1-5H3,(H,20,25). The zero-order chi connectivity index (χ0) is 19.1. The van der Waals surface area contributed by atoms with Crippen molar-refractivity contribution in [3.63, 3.8) is 0 Å². The monoisotopic (exact) mass is 377 g/mol. The van der Waals surface area contributed by atoms with Crippen LogP contribution in [0.4, 0.5) is 18.9 Å². The first-order valence-electron chi connectivity index (χ1n) is 7.65. The van der Waals surface area contributed by atoms with E-state index in [1.807, 2.05) is 13.8 Å². The van der Waals surface area contributed by atoms with Gasteiger partial charge in [0.25, 0.3) is 0 Å². The Morgan fingerprint density at radius 3 is 2.28 bits per heavy atom. The zero-order valence-corrected chi connectivity index (χ0v) is 15.2. The van der Waals surface area contributed by atoms with Crippen LogP contribution in [0, 0.1) is 20.8 Å². The fourth-order valence-corrected chi connectivity index (χ4v) is 2.81. The third kappa shape index (κ3) is 3.51. The Hall–Kier alpha value is -2.03. The number of aromatic nitrogens is 4. The summed E-state index contributed by atoms with van der Waals surface area (Å²) < 4.78 is 41.5. The molecule has 0 aliphatic rings. The number of nitrogens with zero attached hydrogens (tertiary/aromatic N) is 4. The Balaban J connectivity index is 2.31. The second kappa shape index (κ2) is 6.70. The highest BCUT2D eigenvalue weighted by atomic mass is 35.5. The number of carbonyl (C=O) groups is 1. The normalized spacial score (nSPS) is 13.2. The minimum absolute atomic E-state index is 0.0781. The highest BCUT2D eigenvalue weighted by Gasteiger charge is 2.39. The number of nitrogens with one attached hydrogen (secondary N) is 1. The molecular formula is C15H19ClF3N5O. The van der Waals surface area contributed by atoms with Gasteiger partial charge < -0.3 is 5.32 Å². The molecule has 0 fully saturated rings. The summed E-state index contributed by atoms with van der Waals surface area (Å²) in [5.74, 6) is -0.502. The average Bonchev–Trinajstić information content (AvgIpc) is 2.97. The maximum absolute atomic E-state index is 12.9. The molecule has 0 saturated heterocycles. The van der Waals surface area contributed by atoms with Crippen molar-refractivity contribution in [2.75, 3.05) is 5.32 Å². The van der Waals surface area contributed by atoms with Gasteiger partial charge in [0.1, 0.15) is 6.04 Å². The third-order valence-corrected chi connectivity index (χ3v) is 4.47. The Labute approximate surface area is 147 Å². The Morgan fingerprint density at radius 2 is 1.84 bits per heavy atom. The molecule has 0 aromatic carbocycles. The van der Waals surface area contributed by atoms with E-state index in [0.29, 0.717) is 17.9 Å². The van der Waals surface area contributed by atoms with Crippen molar-refractivity contribution in [3.8, 4) is 0 Å². The highest BCUT2D eigenvalue weighted by Crippen LogP contribution is 2.36. The van der Waals surface area contributed by atoms with Gasteiger partial charge >= 0.3 is 6.18 Å². The van der Waals surface area contributed by atoms with Gasteiger partial charge in [0.15, 0.2) is 5.69 Å². The van der Waals surface area contributed by atoms with E-state index in [1.54, 1.807) is 11.6 Å². The van der Waals surface area contributed by atoms with Gasteiger partial charge in [-0.15, -0.1) is 0 Å². The van der Waals surface area contributed by atoms with Crippen molar-refractivity contribution in [1.82, 2.24) is 19.6 Å². The van der Waals surface area contributed by atoms with Gasteiger partial charge in [-0.3, -0.25) is 14.2 Å². The van der Waals surface area contributed by atoms with E-state index in [1.165, 1.54) is 13.8 Å². The first-order valence-corrected chi connectivity index (χ1v) is 8.03. The van der Waals surface area contributed by atoms with E-state index < -0.39 is 28.8 Å². The third-order valence-electron chi connectivity index (χ3n) is 4.02. The summed E-state index contributed by atoms with van der Waals surface area (Å²) in [4.78, 5) is 12.5. The second-order valence-corrected chi connectivity index (χ2v) is 6.10. The van der Waals surface area contributed by atoms with Crippen molar-refractivity contribution in [1.29, 1.82) is 0 Å². The summed E-state index contributed by atoms with van der Waals surface area (Å²) in [5.41, 5.74) is 0.829. The van der Waals surface area contributed by atoms with Crippen molar-refractivity contribution in [2.45, 2.75) is 53.4 Å². The second-order valence-electron chi connectivity index (χ2n) is 5.72. The molecule has 0 saturated carbocycles. The smallest absolute Gasteiger partial charge is 0.321 e. The van der Waals surface area contributed by atoms with Gasteiger partial charge in [0, 0.05) is 6.54 Å². The molecule has 0 bridgehead atoms. The number of rotatable bonds is 4. The fourth-order valence-electron chi connectivity index (χ4n) is 2.58. The Bertz CT molecular complexity index is 809. The molecule has 2 heterocycles. The number of hydrogen-bond donors (Lipinski definition) is 1. The van der Waals surface area contributed by atoms with Crippen LogP contribution in [-0.2, 0) is 17.5 Å². The van der Waals surface area contributed by atoms with E-state index in [0.717, 1.165) is 10.4 Å². The van der Waals surface area contributed by atoms with Crippen LogP contribution in [0.2, 0.25) is 5.02 Å². The SMILES string of the molecule is CCn1nc(C)c(NC(=O)C(C)n2nc(C(F)(F)F)c(Cl)c2C)c1C. The molecule has 1 N–H and O–H groups in total. The fraction of sp³-hybridized carbons (Fsp3) is 0.533. The topological polar surface area (TPSA) is 64.7 Å². The van der Waals surface area contributed by atoms with Crippen molar-refractivity contribution < 1.29 is 18.0 Å². The predicted molar refractivity (Wildman–Crippen MR) is 87.7 cm³/mol. The lowest BCUT2D eigenvalue weighted by Crippen LogP contribution is -2.26. The number of aryl methyl sites for hydroxylation is 2. The van der Waals surface area contributed by atoms with Crippen molar-refractivity contribution >= 4 is 23.2 Å². The molecule has 0 radical (unpaired) electrons. The average molecular weight is 378 g/mol. The van der Waals surface area contributed by atoms with Crippen LogP contribution < -0.4 is 5.32 Å². The summed E-state index contributed by atoms with van der Waals surface area (Å²) in [6.45, 7) is 8.96. The van der Waals surface area contributed by atoms with Gasteiger partial charge in [-0.05, 0) is 34.6 Å². The lowest BCUT2D eigenvalue weighted by molar-refractivity contribution is -0.141. The number of carbonyl (C=O) groups excluding carboxylic acids is 1. The van der Waals surface area contributed by atoms with E-state index >= 15 is 0 Å². The summed E-state index contributed by atoms with van der Waals surface area (Å²) in [5, 5.41) is 10.00. The first kappa shape index (κ1) is 19.3. The molecule has 1 atom stereocenters. The zero-order valence-electron chi connectivity index (χ0n) is 14.5. The van der Waals surface area contributed by atoms with Crippen molar-refractivity contribution in [2.24, 2.45) is 0 Å². The van der Waals surface area contributed by atoms with E-state index in [-0.39, 0.29) is 5.69 Å². The molecular weight excluding hydrogens is 359 g/mol. The van der Waals surface area contributed by atoms with E-state index in [2.05, 4.69) is 15.5 Å². The van der Waals surface area contributed by atoms with Gasteiger partial charge in [-0.25, -0.2) is 0 Å². The maximum atomic E-state index is 12.9. The van der Waals surface area contributed by atoms with Crippen molar-refractivity contribution in [3.05, 3.63) is 27.8 Å². The van der Waals surface area contributed by atoms with Crippen LogP contribution in [0.15, 0.2) is 0 Å². The van der Waals surface area contributed by atoms with Gasteiger partial charge in [0.2, 0.25) is 5.91 Å². The van der Waals surface area contributed by atoms with Crippen LogP contribution >= 0.6 is 11.6 Å². The molecule has 2 rings (SSSR count). The summed E-state index contributed by atoms with van der Waals surface area (Å²) in [6, 6.07) is -0.975. The van der Waals surface area contributed by atoms with E-state index in [4.69, 9.17) is 11.6 Å². The molecule has 1 amide bonds. The molecule has 138 valence electrons. The number of halogens is 4.